The van der Waals surface area contributed by atoms with Crippen molar-refractivity contribution in [2.45, 2.75) is 25.7 Å². The summed E-state index contributed by atoms with van der Waals surface area (Å²) in [6.45, 7) is 3.74. The lowest BCUT2D eigenvalue weighted by Crippen LogP contribution is -2.29. The summed E-state index contributed by atoms with van der Waals surface area (Å²) in [6.07, 6.45) is -1.60. The lowest BCUT2D eigenvalue weighted by Gasteiger charge is -2.15. The Morgan fingerprint density at radius 1 is 1.32 bits per heavy atom. The Kier molecular flexibility index (Phi) is 4.44. The predicted octanol–water partition coefficient (Wildman–Crippen LogP) is 0.333. The fraction of sp³-hybridized carbons (Fsp3) is 0.538. The zero-order valence-corrected chi connectivity index (χ0v) is 11.7. The molecule has 0 saturated carbocycles. The van der Waals surface area contributed by atoms with Crippen LogP contribution in [0.25, 0.3) is 0 Å². The lowest BCUT2D eigenvalue weighted by atomic mass is 10.2. The molecule has 2 N–H and O–H groups in total. The van der Waals surface area contributed by atoms with Crippen LogP contribution in [-0.4, -0.2) is 43.8 Å². The summed E-state index contributed by atoms with van der Waals surface area (Å²) in [6, 6.07) is 7.44. The Balaban J connectivity index is 1.96. The molecule has 2 unspecified atom stereocenters. The van der Waals surface area contributed by atoms with E-state index < -0.39 is 22.0 Å². The summed E-state index contributed by atoms with van der Waals surface area (Å²) in [5.41, 5.74) is 1.13. The van der Waals surface area contributed by atoms with Gasteiger partial charge in [-0.1, -0.05) is 19.1 Å². The van der Waals surface area contributed by atoms with Gasteiger partial charge >= 0.3 is 0 Å². The normalized spacial score (nSPS) is 25.4. The van der Waals surface area contributed by atoms with Gasteiger partial charge in [-0.05, 0) is 24.2 Å². The number of rotatable bonds is 5. The SMILES string of the molecule is CCNCc1ccc(OC2CS(=O)(=O)CC2O)cc1. The average Bonchev–Trinajstić information content (AvgIpc) is 2.61. The van der Waals surface area contributed by atoms with E-state index in [0.29, 0.717) is 5.75 Å². The number of benzene rings is 1. The number of nitrogens with one attached hydrogen (secondary N) is 1. The monoisotopic (exact) mass is 285 g/mol. The van der Waals surface area contributed by atoms with Crippen molar-refractivity contribution in [2.75, 3.05) is 18.1 Å². The summed E-state index contributed by atoms with van der Waals surface area (Å²) in [5.74, 6) is 0.255. The highest BCUT2D eigenvalue weighted by Gasteiger charge is 2.38. The molecule has 1 aliphatic heterocycles. The maximum absolute atomic E-state index is 11.4. The van der Waals surface area contributed by atoms with E-state index in [4.69, 9.17) is 4.74 Å². The minimum atomic E-state index is -3.17. The van der Waals surface area contributed by atoms with Gasteiger partial charge in [-0.25, -0.2) is 8.42 Å². The van der Waals surface area contributed by atoms with E-state index in [1.54, 1.807) is 12.1 Å². The van der Waals surface area contributed by atoms with E-state index >= 15 is 0 Å². The molecule has 0 aromatic heterocycles. The first kappa shape index (κ1) is 14.3. The van der Waals surface area contributed by atoms with Crippen LogP contribution in [0.5, 0.6) is 5.75 Å². The molecule has 19 heavy (non-hydrogen) atoms. The van der Waals surface area contributed by atoms with Crippen molar-refractivity contribution in [2.24, 2.45) is 0 Å². The molecule has 2 rings (SSSR count). The summed E-state index contributed by atoms with van der Waals surface area (Å²) < 4.78 is 28.3. The Morgan fingerprint density at radius 2 is 2.00 bits per heavy atom. The Morgan fingerprint density at radius 3 is 2.53 bits per heavy atom. The molecule has 0 radical (unpaired) electrons. The van der Waals surface area contributed by atoms with Crippen LogP contribution in [0.2, 0.25) is 0 Å². The third-order valence-corrected chi connectivity index (χ3v) is 4.75. The number of aliphatic hydroxyl groups is 1. The first-order chi connectivity index (χ1) is 9.00. The van der Waals surface area contributed by atoms with Crippen LogP contribution in [0.4, 0.5) is 0 Å². The van der Waals surface area contributed by atoms with Gasteiger partial charge in [0.05, 0.1) is 11.5 Å². The quantitative estimate of drug-likeness (QED) is 0.815. The van der Waals surface area contributed by atoms with E-state index in [0.717, 1.165) is 18.7 Å². The molecule has 0 bridgehead atoms. The van der Waals surface area contributed by atoms with Crippen LogP contribution in [0.3, 0.4) is 0 Å². The van der Waals surface area contributed by atoms with Gasteiger partial charge in [0.15, 0.2) is 9.84 Å². The number of aliphatic hydroxyl groups excluding tert-OH is 1. The van der Waals surface area contributed by atoms with Crippen LogP contribution in [-0.2, 0) is 16.4 Å². The lowest BCUT2D eigenvalue weighted by molar-refractivity contribution is 0.0738. The second kappa shape index (κ2) is 5.90. The van der Waals surface area contributed by atoms with Crippen LogP contribution in [0, 0.1) is 0 Å². The van der Waals surface area contributed by atoms with E-state index in [2.05, 4.69) is 5.32 Å². The van der Waals surface area contributed by atoms with Crippen LogP contribution >= 0.6 is 0 Å². The highest BCUT2D eigenvalue weighted by atomic mass is 32.2. The van der Waals surface area contributed by atoms with Crippen molar-refractivity contribution in [3.05, 3.63) is 29.8 Å². The first-order valence-corrected chi connectivity index (χ1v) is 8.17. The summed E-state index contributed by atoms with van der Waals surface area (Å²) in [5, 5.41) is 12.9. The van der Waals surface area contributed by atoms with E-state index in [-0.39, 0.29) is 11.5 Å². The third kappa shape index (κ3) is 3.92. The maximum Gasteiger partial charge on any atom is 0.156 e. The summed E-state index contributed by atoms with van der Waals surface area (Å²) >= 11 is 0. The molecule has 6 heteroatoms. The molecule has 1 aliphatic rings. The zero-order chi connectivity index (χ0) is 13.9. The fourth-order valence-corrected chi connectivity index (χ4v) is 3.70. The van der Waals surface area contributed by atoms with Crippen molar-refractivity contribution >= 4 is 9.84 Å². The van der Waals surface area contributed by atoms with Crippen molar-refractivity contribution < 1.29 is 18.3 Å². The molecule has 0 amide bonds. The molecule has 1 aromatic rings. The van der Waals surface area contributed by atoms with Gasteiger partial charge in [0.25, 0.3) is 0 Å². The van der Waals surface area contributed by atoms with Gasteiger partial charge in [-0.3, -0.25) is 0 Å². The molecule has 1 fully saturated rings. The third-order valence-electron chi connectivity index (χ3n) is 3.06. The minimum Gasteiger partial charge on any atom is -0.487 e. The molecule has 2 atom stereocenters. The summed E-state index contributed by atoms with van der Waals surface area (Å²) in [7, 11) is -3.17. The predicted molar refractivity (Wildman–Crippen MR) is 72.9 cm³/mol. The van der Waals surface area contributed by atoms with E-state index in [9.17, 15) is 13.5 Å². The molecule has 0 aliphatic carbocycles. The van der Waals surface area contributed by atoms with Gasteiger partial charge in [0.1, 0.15) is 18.0 Å². The average molecular weight is 285 g/mol. The molecule has 106 valence electrons. The maximum atomic E-state index is 11.4. The Labute approximate surface area is 113 Å². The number of ether oxygens (including phenoxy) is 1. The highest BCUT2D eigenvalue weighted by Crippen LogP contribution is 2.20. The van der Waals surface area contributed by atoms with E-state index in [1.165, 1.54) is 0 Å². The summed E-state index contributed by atoms with van der Waals surface area (Å²) in [4.78, 5) is 0. The molecule has 1 saturated heterocycles. The fourth-order valence-electron chi connectivity index (χ4n) is 2.04. The van der Waals surface area contributed by atoms with Crippen LogP contribution < -0.4 is 10.1 Å². The number of hydrogen-bond acceptors (Lipinski definition) is 5. The molecule has 1 heterocycles. The van der Waals surface area contributed by atoms with Crippen molar-refractivity contribution in [1.82, 2.24) is 5.32 Å². The van der Waals surface area contributed by atoms with Gasteiger partial charge in [0, 0.05) is 6.54 Å². The Bertz CT molecular complexity index is 512. The molecule has 1 aromatic carbocycles. The van der Waals surface area contributed by atoms with Gasteiger partial charge in [0.2, 0.25) is 0 Å². The van der Waals surface area contributed by atoms with Crippen LogP contribution in [0.1, 0.15) is 12.5 Å². The van der Waals surface area contributed by atoms with Crippen molar-refractivity contribution in [3.8, 4) is 5.75 Å². The highest BCUT2D eigenvalue weighted by molar-refractivity contribution is 7.91. The number of hydrogen-bond donors (Lipinski definition) is 2. The van der Waals surface area contributed by atoms with E-state index in [1.807, 2.05) is 19.1 Å². The molecular formula is C13H19NO4S. The second-order valence-corrected chi connectivity index (χ2v) is 6.88. The minimum absolute atomic E-state index is 0.118. The van der Waals surface area contributed by atoms with Gasteiger partial charge < -0.3 is 15.2 Å². The topological polar surface area (TPSA) is 75.6 Å². The van der Waals surface area contributed by atoms with Gasteiger partial charge in [-0.2, -0.15) is 0 Å². The second-order valence-electron chi connectivity index (χ2n) is 4.72. The largest absolute Gasteiger partial charge is 0.487 e. The number of sulfone groups is 1. The standard InChI is InChI=1S/C13H19NO4S/c1-2-14-7-10-3-5-11(6-4-10)18-13-9-19(16,17)8-12(13)15/h3-6,12-15H,2,7-9H2,1H3. The van der Waals surface area contributed by atoms with Gasteiger partial charge in [-0.15, -0.1) is 0 Å². The van der Waals surface area contributed by atoms with Crippen LogP contribution in [0.15, 0.2) is 24.3 Å². The smallest absolute Gasteiger partial charge is 0.156 e. The van der Waals surface area contributed by atoms with Crippen molar-refractivity contribution in [1.29, 1.82) is 0 Å². The first-order valence-electron chi connectivity index (χ1n) is 6.35. The van der Waals surface area contributed by atoms with Crippen molar-refractivity contribution in [3.63, 3.8) is 0 Å². The molecule has 5 nitrogen and oxygen atoms in total. The molecule has 0 spiro atoms. The zero-order valence-electron chi connectivity index (χ0n) is 10.9. The molecular weight excluding hydrogens is 266 g/mol. The Hall–Kier alpha value is -1.11.